The van der Waals surface area contributed by atoms with Crippen molar-refractivity contribution in [1.82, 2.24) is 9.97 Å². The Bertz CT molecular complexity index is 563. The fraction of sp³-hybridized carbons (Fsp3) is 0.231. The van der Waals surface area contributed by atoms with E-state index in [9.17, 15) is 5.11 Å². The number of methoxy groups -OCH3 is 2. The Morgan fingerprint density at radius 3 is 2.42 bits per heavy atom. The molecule has 100 valence electrons. The molecule has 0 aliphatic heterocycles. The molecule has 0 bridgehead atoms. The fourth-order valence-electron chi connectivity index (χ4n) is 1.69. The van der Waals surface area contributed by atoms with Gasteiger partial charge in [-0.1, -0.05) is 15.9 Å². The highest BCUT2D eigenvalue weighted by molar-refractivity contribution is 9.10. The zero-order valence-electron chi connectivity index (χ0n) is 10.5. The van der Waals surface area contributed by atoms with E-state index in [4.69, 9.17) is 9.47 Å². The maximum Gasteiger partial charge on any atom is 0.161 e. The van der Waals surface area contributed by atoms with Gasteiger partial charge in [0.2, 0.25) is 0 Å². The summed E-state index contributed by atoms with van der Waals surface area (Å²) in [5.74, 6) is 1.13. The molecule has 1 aromatic heterocycles. The Balaban J connectivity index is 2.45. The van der Waals surface area contributed by atoms with E-state index in [0.717, 1.165) is 0 Å². The number of aliphatic hydroxyl groups excluding tert-OH is 1. The summed E-state index contributed by atoms with van der Waals surface area (Å²) >= 11 is 3.41. The van der Waals surface area contributed by atoms with E-state index in [1.165, 1.54) is 12.4 Å². The third-order valence-corrected chi connectivity index (χ3v) is 3.35. The van der Waals surface area contributed by atoms with Gasteiger partial charge < -0.3 is 14.6 Å². The van der Waals surface area contributed by atoms with Gasteiger partial charge in [-0.2, -0.15) is 0 Å². The predicted molar refractivity (Wildman–Crippen MR) is 73.3 cm³/mol. The van der Waals surface area contributed by atoms with Crippen LogP contribution in [0.2, 0.25) is 0 Å². The number of halogens is 1. The van der Waals surface area contributed by atoms with Crippen molar-refractivity contribution in [2.75, 3.05) is 14.2 Å². The lowest BCUT2D eigenvalue weighted by Crippen LogP contribution is -2.04. The van der Waals surface area contributed by atoms with Crippen LogP contribution >= 0.6 is 15.9 Å². The molecule has 1 heterocycles. The highest BCUT2D eigenvalue weighted by Gasteiger charge is 2.18. The number of ether oxygens (including phenoxy) is 2. The van der Waals surface area contributed by atoms with Gasteiger partial charge in [0.25, 0.3) is 0 Å². The second-order valence-electron chi connectivity index (χ2n) is 3.76. The van der Waals surface area contributed by atoms with Crippen molar-refractivity contribution in [3.63, 3.8) is 0 Å². The number of hydrogen-bond donors (Lipinski definition) is 1. The number of aromatic nitrogens is 2. The molecule has 1 atom stereocenters. The first kappa shape index (κ1) is 13.8. The molecular weight excluding hydrogens is 312 g/mol. The number of hydrogen-bond acceptors (Lipinski definition) is 5. The summed E-state index contributed by atoms with van der Waals surface area (Å²) in [5.41, 5.74) is 1.11. The topological polar surface area (TPSA) is 64.5 Å². The second-order valence-corrected chi connectivity index (χ2v) is 4.62. The van der Waals surface area contributed by atoms with Crippen molar-refractivity contribution < 1.29 is 14.6 Å². The zero-order chi connectivity index (χ0) is 13.8. The first-order valence-electron chi connectivity index (χ1n) is 5.52. The molecule has 5 nitrogen and oxygen atoms in total. The minimum Gasteiger partial charge on any atom is -0.493 e. The van der Waals surface area contributed by atoms with Gasteiger partial charge in [0.1, 0.15) is 6.10 Å². The molecule has 0 fully saturated rings. The third kappa shape index (κ3) is 2.85. The SMILES string of the molecule is COc1cc(Br)c(C(O)c2cnccn2)cc1OC. The van der Waals surface area contributed by atoms with Crippen LogP contribution in [0, 0.1) is 0 Å². The monoisotopic (exact) mass is 324 g/mol. The molecule has 6 heteroatoms. The number of aliphatic hydroxyl groups is 1. The van der Waals surface area contributed by atoms with Crippen LogP contribution in [0.25, 0.3) is 0 Å². The lowest BCUT2D eigenvalue weighted by molar-refractivity contribution is 0.213. The number of rotatable bonds is 4. The van der Waals surface area contributed by atoms with E-state index in [0.29, 0.717) is 27.2 Å². The average molecular weight is 325 g/mol. The van der Waals surface area contributed by atoms with Gasteiger partial charge in [0.05, 0.1) is 26.1 Å². The van der Waals surface area contributed by atoms with Crippen molar-refractivity contribution in [3.8, 4) is 11.5 Å². The maximum absolute atomic E-state index is 10.3. The van der Waals surface area contributed by atoms with Crippen LogP contribution in [0.15, 0.2) is 35.2 Å². The molecule has 0 amide bonds. The lowest BCUT2D eigenvalue weighted by atomic mass is 10.1. The summed E-state index contributed by atoms with van der Waals surface area (Å²) in [5, 5.41) is 10.3. The summed E-state index contributed by atoms with van der Waals surface area (Å²) in [6.07, 6.45) is 3.73. The van der Waals surface area contributed by atoms with E-state index in [2.05, 4.69) is 25.9 Å². The molecule has 0 spiro atoms. The van der Waals surface area contributed by atoms with Gasteiger partial charge in [-0.25, -0.2) is 0 Å². The van der Waals surface area contributed by atoms with Gasteiger partial charge in [-0.3, -0.25) is 9.97 Å². The molecule has 1 N–H and O–H groups in total. The second kappa shape index (κ2) is 5.99. The van der Waals surface area contributed by atoms with Crippen LogP contribution in [0.5, 0.6) is 11.5 Å². The molecule has 19 heavy (non-hydrogen) atoms. The Hall–Kier alpha value is -1.66. The molecular formula is C13H13BrN2O3. The Labute approximate surface area is 119 Å². The quantitative estimate of drug-likeness (QED) is 0.935. The van der Waals surface area contributed by atoms with E-state index >= 15 is 0 Å². The highest BCUT2D eigenvalue weighted by Crippen LogP contribution is 2.37. The molecule has 0 saturated heterocycles. The van der Waals surface area contributed by atoms with Gasteiger partial charge in [0.15, 0.2) is 11.5 Å². The largest absolute Gasteiger partial charge is 0.493 e. The van der Waals surface area contributed by atoms with Gasteiger partial charge in [-0.05, 0) is 12.1 Å². The number of nitrogens with zero attached hydrogens (tertiary/aromatic N) is 2. The van der Waals surface area contributed by atoms with Crippen LogP contribution in [0.4, 0.5) is 0 Å². The Morgan fingerprint density at radius 1 is 1.16 bits per heavy atom. The van der Waals surface area contributed by atoms with Crippen molar-refractivity contribution in [1.29, 1.82) is 0 Å². The van der Waals surface area contributed by atoms with E-state index in [1.54, 1.807) is 32.5 Å². The van der Waals surface area contributed by atoms with Crippen molar-refractivity contribution in [3.05, 3.63) is 46.5 Å². The van der Waals surface area contributed by atoms with Crippen LogP contribution in [-0.4, -0.2) is 29.3 Å². The summed E-state index contributed by atoms with van der Waals surface area (Å²) < 4.78 is 11.1. The third-order valence-electron chi connectivity index (χ3n) is 2.66. The van der Waals surface area contributed by atoms with Crippen molar-refractivity contribution in [2.24, 2.45) is 0 Å². The summed E-state index contributed by atoms with van der Waals surface area (Å²) in [6.45, 7) is 0. The summed E-state index contributed by atoms with van der Waals surface area (Å²) in [4.78, 5) is 8.03. The van der Waals surface area contributed by atoms with Crippen LogP contribution < -0.4 is 9.47 Å². The number of benzene rings is 1. The Kier molecular flexibility index (Phi) is 4.34. The summed E-state index contributed by atoms with van der Waals surface area (Å²) in [6, 6.07) is 3.45. The molecule has 0 radical (unpaired) electrons. The standard InChI is InChI=1S/C13H13BrN2O3/c1-18-11-5-8(9(14)6-12(11)19-2)13(17)10-7-15-3-4-16-10/h3-7,13,17H,1-2H3. The zero-order valence-corrected chi connectivity index (χ0v) is 12.1. The predicted octanol–water partition coefficient (Wildman–Crippen LogP) is 2.34. The molecule has 2 rings (SSSR count). The molecule has 0 aliphatic carbocycles. The van der Waals surface area contributed by atoms with Gasteiger partial charge in [-0.15, -0.1) is 0 Å². The fourth-order valence-corrected chi connectivity index (χ4v) is 2.23. The minimum absolute atomic E-state index is 0.468. The van der Waals surface area contributed by atoms with E-state index < -0.39 is 6.10 Å². The minimum atomic E-state index is -0.886. The summed E-state index contributed by atoms with van der Waals surface area (Å²) in [7, 11) is 3.10. The van der Waals surface area contributed by atoms with Crippen molar-refractivity contribution >= 4 is 15.9 Å². The van der Waals surface area contributed by atoms with Crippen LogP contribution in [0.3, 0.4) is 0 Å². The molecule has 0 aliphatic rings. The molecule has 1 unspecified atom stereocenters. The normalized spacial score (nSPS) is 12.0. The van der Waals surface area contributed by atoms with Gasteiger partial charge >= 0.3 is 0 Å². The highest BCUT2D eigenvalue weighted by atomic mass is 79.9. The smallest absolute Gasteiger partial charge is 0.161 e. The van der Waals surface area contributed by atoms with E-state index in [-0.39, 0.29) is 0 Å². The molecule has 2 aromatic rings. The average Bonchev–Trinajstić information content (AvgIpc) is 2.47. The van der Waals surface area contributed by atoms with Crippen LogP contribution in [-0.2, 0) is 0 Å². The Morgan fingerprint density at radius 2 is 1.84 bits per heavy atom. The first-order chi connectivity index (χ1) is 9.17. The van der Waals surface area contributed by atoms with Gasteiger partial charge in [0, 0.05) is 22.4 Å². The maximum atomic E-state index is 10.3. The van der Waals surface area contributed by atoms with Crippen molar-refractivity contribution in [2.45, 2.75) is 6.10 Å². The lowest BCUT2D eigenvalue weighted by Gasteiger charge is -2.15. The van der Waals surface area contributed by atoms with E-state index in [1.807, 2.05) is 0 Å². The van der Waals surface area contributed by atoms with Crippen LogP contribution in [0.1, 0.15) is 17.4 Å². The molecule has 0 saturated carbocycles. The first-order valence-corrected chi connectivity index (χ1v) is 6.32. The molecule has 1 aromatic carbocycles.